The highest BCUT2D eigenvalue weighted by atomic mass is 79.9. The molecule has 0 unspecified atom stereocenters. The van der Waals surface area contributed by atoms with E-state index >= 15 is 0 Å². The van der Waals surface area contributed by atoms with Crippen LogP contribution in [-0.2, 0) is 13.2 Å². The van der Waals surface area contributed by atoms with Gasteiger partial charge in [0.05, 0.1) is 28.1 Å². The summed E-state index contributed by atoms with van der Waals surface area (Å²) in [5.74, 6) is 0.682. The summed E-state index contributed by atoms with van der Waals surface area (Å²) < 4.78 is 27.9. The van der Waals surface area contributed by atoms with E-state index in [0.29, 0.717) is 28.5 Å². The Kier molecular flexibility index (Phi) is 6.41. The molecule has 2 aromatic heterocycles. The molecule has 2 heterocycles. The van der Waals surface area contributed by atoms with Gasteiger partial charge in [-0.2, -0.15) is 5.10 Å². The lowest BCUT2D eigenvalue weighted by atomic mass is 10.2. The van der Waals surface area contributed by atoms with E-state index in [1.54, 1.807) is 41.9 Å². The van der Waals surface area contributed by atoms with Crippen LogP contribution in [0, 0.1) is 19.7 Å². The van der Waals surface area contributed by atoms with Crippen LogP contribution in [-0.4, -0.2) is 15.7 Å². The molecular formula is C24H21BrFN3O3. The molecule has 1 amide bonds. The van der Waals surface area contributed by atoms with Gasteiger partial charge in [-0.25, -0.2) is 4.39 Å². The SMILES string of the molecule is Cc1nn(Cc2ccccc2F)c(C)c1NC(=O)c1ccc(COc2ccccc2Br)o1. The number of halogens is 2. The van der Waals surface area contributed by atoms with Crippen molar-refractivity contribution in [2.45, 2.75) is 27.0 Å². The number of hydrogen-bond acceptors (Lipinski definition) is 4. The first-order valence-corrected chi connectivity index (χ1v) is 10.8. The second-order valence-corrected chi connectivity index (χ2v) is 8.09. The lowest BCUT2D eigenvalue weighted by Gasteiger charge is -2.07. The molecule has 0 radical (unpaired) electrons. The van der Waals surface area contributed by atoms with Crippen molar-refractivity contribution in [1.82, 2.24) is 9.78 Å². The lowest BCUT2D eigenvalue weighted by Crippen LogP contribution is -2.12. The number of nitrogens with one attached hydrogen (secondary N) is 1. The zero-order valence-corrected chi connectivity index (χ0v) is 19.1. The number of furan rings is 1. The molecule has 1 N–H and O–H groups in total. The molecule has 32 heavy (non-hydrogen) atoms. The van der Waals surface area contributed by atoms with Gasteiger partial charge >= 0.3 is 0 Å². The molecule has 8 heteroatoms. The highest BCUT2D eigenvalue weighted by molar-refractivity contribution is 9.10. The number of aromatic nitrogens is 2. The number of rotatable bonds is 7. The van der Waals surface area contributed by atoms with Gasteiger partial charge in [0.15, 0.2) is 5.76 Å². The molecule has 0 saturated heterocycles. The first kappa shape index (κ1) is 21.8. The van der Waals surface area contributed by atoms with Crippen molar-refractivity contribution in [3.8, 4) is 5.75 Å². The minimum Gasteiger partial charge on any atom is -0.484 e. The molecular weight excluding hydrogens is 477 g/mol. The number of nitrogens with zero attached hydrogens (tertiary/aromatic N) is 2. The van der Waals surface area contributed by atoms with Crippen molar-refractivity contribution in [2.75, 3.05) is 5.32 Å². The maximum Gasteiger partial charge on any atom is 0.291 e. The van der Waals surface area contributed by atoms with Crippen LogP contribution in [0.4, 0.5) is 10.1 Å². The summed E-state index contributed by atoms with van der Waals surface area (Å²) >= 11 is 3.43. The number of para-hydroxylation sites is 1. The quantitative estimate of drug-likeness (QED) is 0.346. The van der Waals surface area contributed by atoms with Gasteiger partial charge < -0.3 is 14.5 Å². The summed E-state index contributed by atoms with van der Waals surface area (Å²) in [6.45, 7) is 4.08. The van der Waals surface area contributed by atoms with Crippen LogP contribution in [0.1, 0.15) is 33.3 Å². The van der Waals surface area contributed by atoms with E-state index in [4.69, 9.17) is 9.15 Å². The minimum atomic E-state index is -0.395. The summed E-state index contributed by atoms with van der Waals surface area (Å²) in [6, 6.07) is 17.3. The Hall–Kier alpha value is -3.39. The lowest BCUT2D eigenvalue weighted by molar-refractivity contribution is 0.0992. The maximum absolute atomic E-state index is 14.0. The second-order valence-electron chi connectivity index (χ2n) is 7.23. The number of aryl methyl sites for hydroxylation is 1. The van der Waals surface area contributed by atoms with Gasteiger partial charge in [-0.3, -0.25) is 9.48 Å². The van der Waals surface area contributed by atoms with Crippen LogP contribution in [0.15, 0.2) is 69.6 Å². The zero-order chi connectivity index (χ0) is 22.7. The molecule has 0 atom stereocenters. The summed E-state index contributed by atoms with van der Waals surface area (Å²) in [7, 11) is 0. The van der Waals surface area contributed by atoms with Crippen molar-refractivity contribution in [3.63, 3.8) is 0 Å². The Bertz CT molecular complexity index is 1270. The Balaban J connectivity index is 1.44. The average Bonchev–Trinajstić information content (AvgIpc) is 3.35. The average molecular weight is 498 g/mol. The summed E-state index contributed by atoms with van der Waals surface area (Å²) in [4.78, 5) is 12.7. The minimum absolute atomic E-state index is 0.163. The highest BCUT2D eigenvalue weighted by Gasteiger charge is 2.18. The fraction of sp³-hybridized carbons (Fsp3) is 0.167. The third kappa shape index (κ3) is 4.75. The van der Waals surface area contributed by atoms with E-state index < -0.39 is 5.91 Å². The van der Waals surface area contributed by atoms with E-state index in [1.165, 1.54) is 6.07 Å². The molecule has 2 aromatic carbocycles. The van der Waals surface area contributed by atoms with Crippen LogP contribution in [0.2, 0.25) is 0 Å². The van der Waals surface area contributed by atoms with E-state index in [-0.39, 0.29) is 24.7 Å². The Morgan fingerprint density at radius 2 is 1.88 bits per heavy atom. The van der Waals surface area contributed by atoms with Crippen molar-refractivity contribution in [3.05, 3.63) is 99.4 Å². The predicted molar refractivity (Wildman–Crippen MR) is 122 cm³/mol. The molecule has 164 valence electrons. The van der Waals surface area contributed by atoms with Crippen molar-refractivity contribution in [2.24, 2.45) is 0 Å². The Morgan fingerprint density at radius 1 is 1.12 bits per heavy atom. The van der Waals surface area contributed by atoms with Gasteiger partial charge in [0.2, 0.25) is 0 Å². The van der Waals surface area contributed by atoms with Gasteiger partial charge in [-0.15, -0.1) is 0 Å². The number of benzene rings is 2. The van der Waals surface area contributed by atoms with Crippen molar-refractivity contribution in [1.29, 1.82) is 0 Å². The van der Waals surface area contributed by atoms with E-state index in [0.717, 1.165) is 10.2 Å². The van der Waals surface area contributed by atoms with Crippen LogP contribution in [0.5, 0.6) is 5.75 Å². The Labute approximate surface area is 193 Å². The topological polar surface area (TPSA) is 69.3 Å². The first-order valence-electron chi connectivity index (χ1n) is 9.97. The largest absolute Gasteiger partial charge is 0.484 e. The third-order valence-electron chi connectivity index (χ3n) is 4.99. The number of ether oxygens (including phenoxy) is 1. The van der Waals surface area contributed by atoms with Gasteiger partial charge in [-0.05, 0) is 60.1 Å². The molecule has 0 aliphatic heterocycles. The number of carbonyl (C=O) groups is 1. The summed E-state index contributed by atoms with van der Waals surface area (Å²) in [6.07, 6.45) is 0. The normalized spacial score (nSPS) is 10.9. The van der Waals surface area contributed by atoms with Crippen LogP contribution >= 0.6 is 15.9 Å². The molecule has 0 bridgehead atoms. The molecule has 4 aromatic rings. The fourth-order valence-electron chi connectivity index (χ4n) is 3.28. The maximum atomic E-state index is 14.0. The molecule has 4 rings (SSSR count). The van der Waals surface area contributed by atoms with E-state index in [1.807, 2.05) is 31.2 Å². The fourth-order valence-corrected chi connectivity index (χ4v) is 3.68. The molecule has 0 fully saturated rings. The summed E-state index contributed by atoms with van der Waals surface area (Å²) in [5, 5.41) is 7.30. The highest BCUT2D eigenvalue weighted by Crippen LogP contribution is 2.26. The van der Waals surface area contributed by atoms with Crippen LogP contribution < -0.4 is 10.1 Å². The van der Waals surface area contributed by atoms with Crippen LogP contribution in [0.25, 0.3) is 0 Å². The molecule has 0 saturated carbocycles. The van der Waals surface area contributed by atoms with Gasteiger partial charge in [0.1, 0.15) is 23.9 Å². The summed E-state index contributed by atoms with van der Waals surface area (Å²) in [5.41, 5.74) is 2.46. The number of hydrogen-bond donors (Lipinski definition) is 1. The molecule has 0 spiro atoms. The van der Waals surface area contributed by atoms with Crippen molar-refractivity contribution >= 4 is 27.5 Å². The number of amides is 1. The number of carbonyl (C=O) groups excluding carboxylic acids is 1. The van der Waals surface area contributed by atoms with Gasteiger partial charge in [-0.1, -0.05) is 30.3 Å². The smallest absolute Gasteiger partial charge is 0.291 e. The van der Waals surface area contributed by atoms with E-state index in [2.05, 4.69) is 26.3 Å². The molecule has 6 nitrogen and oxygen atoms in total. The zero-order valence-electron chi connectivity index (χ0n) is 17.6. The van der Waals surface area contributed by atoms with E-state index in [9.17, 15) is 9.18 Å². The van der Waals surface area contributed by atoms with Gasteiger partial charge in [0.25, 0.3) is 5.91 Å². The molecule has 0 aliphatic carbocycles. The predicted octanol–water partition coefficient (Wildman–Crippen LogP) is 5.87. The van der Waals surface area contributed by atoms with Crippen molar-refractivity contribution < 1.29 is 18.3 Å². The van der Waals surface area contributed by atoms with Crippen LogP contribution in [0.3, 0.4) is 0 Å². The Morgan fingerprint density at radius 3 is 2.66 bits per heavy atom. The third-order valence-corrected chi connectivity index (χ3v) is 5.65. The van der Waals surface area contributed by atoms with Gasteiger partial charge in [0, 0.05) is 5.56 Å². The first-order chi connectivity index (χ1) is 15.4. The standard InChI is InChI=1S/C24H21BrFN3O3/c1-15-23(16(2)29(28-15)13-17-7-3-5-9-20(17)26)27-24(30)22-12-11-18(32-22)14-31-21-10-6-4-8-19(21)25/h3-12H,13-14H2,1-2H3,(H,27,30). The second kappa shape index (κ2) is 9.40. The number of anilines is 1. The molecule has 0 aliphatic rings. The monoisotopic (exact) mass is 497 g/mol.